The maximum absolute atomic E-state index is 12.3. The van der Waals surface area contributed by atoms with Crippen LogP contribution in [0.1, 0.15) is 6.42 Å². The van der Waals surface area contributed by atoms with Crippen molar-refractivity contribution in [3.8, 4) is 0 Å². The van der Waals surface area contributed by atoms with E-state index in [9.17, 15) is 4.79 Å². The Morgan fingerprint density at radius 3 is 2.35 bits per heavy atom. The first-order valence-electron chi connectivity index (χ1n) is 5.78. The Kier molecular flexibility index (Phi) is 5.84. The van der Waals surface area contributed by atoms with Crippen molar-refractivity contribution in [1.29, 1.82) is 0 Å². The number of carbonyl (C=O) groups is 1. The molecule has 1 atom stereocenters. The minimum absolute atomic E-state index is 0.0795. The average Bonchev–Trinajstić information content (AvgIpc) is 2.77. The molecule has 1 unspecified atom stereocenters. The van der Waals surface area contributed by atoms with E-state index in [1.54, 1.807) is 19.1 Å². The normalized spacial score (nSPS) is 23.9. The highest BCUT2D eigenvalue weighted by Crippen LogP contribution is 2.18. The molecule has 0 aromatic heterocycles. The summed E-state index contributed by atoms with van der Waals surface area (Å²) >= 11 is 0. The van der Waals surface area contributed by atoms with E-state index in [0.29, 0.717) is 45.9 Å². The highest BCUT2D eigenvalue weighted by Gasteiger charge is 2.40. The van der Waals surface area contributed by atoms with Crippen LogP contribution in [0.3, 0.4) is 0 Å². The highest BCUT2D eigenvalue weighted by molar-refractivity contribution is 5.86. The van der Waals surface area contributed by atoms with Crippen LogP contribution < -0.4 is 5.73 Å². The summed E-state index contributed by atoms with van der Waals surface area (Å²) in [5.41, 5.74) is 5.18. The monoisotopic (exact) mass is 246 g/mol. The van der Waals surface area contributed by atoms with Gasteiger partial charge in [0.2, 0.25) is 5.91 Å². The lowest BCUT2D eigenvalue weighted by Crippen LogP contribution is -2.57. The predicted molar refractivity (Wildman–Crippen MR) is 62.7 cm³/mol. The lowest BCUT2D eigenvalue weighted by atomic mass is 9.98. The number of methoxy groups -OCH3 is 2. The van der Waals surface area contributed by atoms with Gasteiger partial charge in [-0.1, -0.05) is 0 Å². The van der Waals surface area contributed by atoms with Crippen molar-refractivity contribution >= 4 is 5.91 Å². The molecule has 1 rings (SSSR count). The third-order valence-corrected chi connectivity index (χ3v) is 2.90. The number of carbonyl (C=O) groups excluding carboxylic acids is 1. The molecule has 6 heteroatoms. The molecule has 0 spiro atoms. The number of hydrogen-bond donors (Lipinski definition) is 1. The van der Waals surface area contributed by atoms with E-state index in [0.717, 1.165) is 0 Å². The SMILES string of the molecule is COCCN(CCOC)C(=O)C1(N)CCOC1. The lowest BCUT2D eigenvalue weighted by molar-refractivity contribution is -0.138. The molecule has 0 bridgehead atoms. The lowest BCUT2D eigenvalue weighted by Gasteiger charge is -2.30. The Bertz CT molecular complexity index is 234. The van der Waals surface area contributed by atoms with E-state index in [-0.39, 0.29) is 5.91 Å². The molecule has 6 nitrogen and oxygen atoms in total. The molecule has 1 saturated heterocycles. The summed E-state index contributed by atoms with van der Waals surface area (Å²) in [6.45, 7) is 2.88. The molecule has 2 N–H and O–H groups in total. The summed E-state index contributed by atoms with van der Waals surface area (Å²) < 4.78 is 15.2. The minimum Gasteiger partial charge on any atom is -0.383 e. The standard InChI is InChI=1S/C11H22N2O4/c1-15-7-4-13(5-8-16-2)10(14)11(12)3-6-17-9-11/h3-9,12H2,1-2H3. The third-order valence-electron chi connectivity index (χ3n) is 2.90. The smallest absolute Gasteiger partial charge is 0.245 e. The number of rotatable bonds is 7. The first-order chi connectivity index (χ1) is 8.14. The predicted octanol–water partition coefficient (Wildman–Crippen LogP) is -0.774. The van der Waals surface area contributed by atoms with Gasteiger partial charge in [-0.05, 0) is 6.42 Å². The van der Waals surface area contributed by atoms with Gasteiger partial charge in [0.15, 0.2) is 0 Å². The van der Waals surface area contributed by atoms with Crippen LogP contribution in [0.25, 0.3) is 0 Å². The molecule has 0 radical (unpaired) electrons. The average molecular weight is 246 g/mol. The van der Waals surface area contributed by atoms with Crippen LogP contribution in [0.4, 0.5) is 0 Å². The Labute approximate surface area is 102 Å². The van der Waals surface area contributed by atoms with Gasteiger partial charge in [-0.15, -0.1) is 0 Å². The molecular weight excluding hydrogens is 224 g/mol. The molecular formula is C11H22N2O4. The van der Waals surface area contributed by atoms with Crippen molar-refractivity contribution in [1.82, 2.24) is 4.90 Å². The first-order valence-corrected chi connectivity index (χ1v) is 5.78. The number of hydrogen-bond acceptors (Lipinski definition) is 5. The molecule has 17 heavy (non-hydrogen) atoms. The summed E-state index contributed by atoms with van der Waals surface area (Å²) in [5, 5.41) is 0. The first kappa shape index (κ1) is 14.4. The second-order valence-corrected chi connectivity index (χ2v) is 4.24. The summed E-state index contributed by atoms with van der Waals surface area (Å²) in [4.78, 5) is 14.0. The molecule has 1 fully saturated rings. The zero-order chi connectivity index (χ0) is 12.7. The van der Waals surface area contributed by atoms with Crippen LogP contribution in [0, 0.1) is 0 Å². The van der Waals surface area contributed by atoms with Crippen LogP contribution in [0.2, 0.25) is 0 Å². The zero-order valence-electron chi connectivity index (χ0n) is 10.6. The Balaban J connectivity index is 2.57. The van der Waals surface area contributed by atoms with Crippen molar-refractivity contribution in [2.24, 2.45) is 5.73 Å². The van der Waals surface area contributed by atoms with E-state index < -0.39 is 5.54 Å². The van der Waals surface area contributed by atoms with Gasteiger partial charge in [0.25, 0.3) is 0 Å². The molecule has 0 aromatic carbocycles. The number of ether oxygens (including phenoxy) is 3. The van der Waals surface area contributed by atoms with E-state index in [2.05, 4.69) is 0 Å². The van der Waals surface area contributed by atoms with Crippen LogP contribution in [0.15, 0.2) is 0 Å². The van der Waals surface area contributed by atoms with Gasteiger partial charge in [-0.2, -0.15) is 0 Å². The Hall–Kier alpha value is -0.690. The van der Waals surface area contributed by atoms with Crippen LogP contribution in [0.5, 0.6) is 0 Å². The Morgan fingerprint density at radius 2 is 1.94 bits per heavy atom. The van der Waals surface area contributed by atoms with Gasteiger partial charge in [0.05, 0.1) is 19.8 Å². The van der Waals surface area contributed by atoms with E-state index in [1.165, 1.54) is 0 Å². The molecule has 1 heterocycles. The second-order valence-electron chi connectivity index (χ2n) is 4.24. The second kappa shape index (κ2) is 6.90. The fourth-order valence-electron chi connectivity index (χ4n) is 1.78. The number of nitrogens with zero attached hydrogens (tertiary/aromatic N) is 1. The summed E-state index contributed by atoms with van der Waals surface area (Å²) in [7, 11) is 3.21. The van der Waals surface area contributed by atoms with Gasteiger partial charge in [0.1, 0.15) is 5.54 Å². The molecule has 0 aliphatic carbocycles. The molecule has 100 valence electrons. The van der Waals surface area contributed by atoms with Crippen molar-refractivity contribution in [3.05, 3.63) is 0 Å². The van der Waals surface area contributed by atoms with E-state index in [4.69, 9.17) is 19.9 Å². The molecule has 1 aliphatic rings. The van der Waals surface area contributed by atoms with Crippen molar-refractivity contribution in [2.75, 3.05) is 53.7 Å². The van der Waals surface area contributed by atoms with Crippen molar-refractivity contribution in [2.45, 2.75) is 12.0 Å². The topological polar surface area (TPSA) is 74.0 Å². The molecule has 1 aliphatic heterocycles. The highest BCUT2D eigenvalue weighted by atomic mass is 16.5. The third kappa shape index (κ3) is 3.92. The van der Waals surface area contributed by atoms with Crippen LogP contribution >= 0.6 is 0 Å². The number of amides is 1. The zero-order valence-corrected chi connectivity index (χ0v) is 10.6. The maximum Gasteiger partial charge on any atom is 0.245 e. The quantitative estimate of drug-likeness (QED) is 0.638. The molecule has 0 aromatic rings. The number of nitrogens with two attached hydrogens (primary N) is 1. The summed E-state index contributed by atoms with van der Waals surface area (Å²) in [6, 6.07) is 0. The van der Waals surface area contributed by atoms with Crippen LogP contribution in [-0.4, -0.2) is 70.1 Å². The maximum atomic E-state index is 12.3. The summed E-state index contributed by atoms with van der Waals surface area (Å²) in [6.07, 6.45) is 0.572. The van der Waals surface area contributed by atoms with Gasteiger partial charge in [0, 0.05) is 33.9 Å². The fraction of sp³-hybridized carbons (Fsp3) is 0.909. The van der Waals surface area contributed by atoms with Crippen molar-refractivity contribution < 1.29 is 19.0 Å². The summed E-state index contributed by atoms with van der Waals surface area (Å²) in [5.74, 6) is -0.0795. The minimum atomic E-state index is -0.874. The van der Waals surface area contributed by atoms with Gasteiger partial charge in [-0.3, -0.25) is 4.79 Å². The van der Waals surface area contributed by atoms with E-state index >= 15 is 0 Å². The fourth-order valence-corrected chi connectivity index (χ4v) is 1.78. The van der Waals surface area contributed by atoms with Crippen LogP contribution in [-0.2, 0) is 19.0 Å². The molecule has 0 saturated carbocycles. The van der Waals surface area contributed by atoms with Gasteiger partial charge < -0.3 is 24.8 Å². The molecule has 1 amide bonds. The van der Waals surface area contributed by atoms with Gasteiger partial charge >= 0.3 is 0 Å². The van der Waals surface area contributed by atoms with E-state index in [1.807, 2.05) is 0 Å². The Morgan fingerprint density at radius 1 is 1.35 bits per heavy atom. The van der Waals surface area contributed by atoms with Gasteiger partial charge in [-0.25, -0.2) is 0 Å². The van der Waals surface area contributed by atoms with Crippen molar-refractivity contribution in [3.63, 3.8) is 0 Å². The largest absolute Gasteiger partial charge is 0.383 e.